The molecule has 122 valence electrons. The Balaban J connectivity index is 4.54. The van der Waals surface area contributed by atoms with Gasteiger partial charge < -0.3 is 0 Å². The number of unbranched alkanes of at least 4 members (excludes halogenated alkanes) is 5. The largest absolute Gasteiger partial charge is 0.0654 e. The van der Waals surface area contributed by atoms with Crippen LogP contribution in [0.2, 0.25) is 0 Å². The zero-order valence-electron chi connectivity index (χ0n) is 16.0. The van der Waals surface area contributed by atoms with Crippen LogP contribution in [-0.4, -0.2) is 0 Å². The lowest BCUT2D eigenvalue weighted by atomic mass is 9.54. The molecule has 0 saturated heterocycles. The van der Waals surface area contributed by atoms with Gasteiger partial charge in [0.05, 0.1) is 0 Å². The molecular formula is C20H42. The quantitative estimate of drug-likeness (QED) is 0.405. The van der Waals surface area contributed by atoms with Crippen molar-refractivity contribution < 1.29 is 0 Å². The molecule has 0 aliphatic carbocycles. The van der Waals surface area contributed by atoms with Gasteiger partial charge in [-0.25, -0.2) is 0 Å². The molecule has 1 unspecified atom stereocenters. The molecule has 0 aliphatic heterocycles. The summed E-state index contributed by atoms with van der Waals surface area (Å²) in [5, 5.41) is 0. The average Bonchev–Trinajstić information content (AvgIpc) is 2.24. The van der Waals surface area contributed by atoms with Gasteiger partial charge in [0.1, 0.15) is 0 Å². The zero-order chi connectivity index (χ0) is 16.0. The summed E-state index contributed by atoms with van der Waals surface area (Å²) >= 11 is 0. The maximum atomic E-state index is 2.49. The predicted molar refractivity (Wildman–Crippen MR) is 94.2 cm³/mol. The van der Waals surface area contributed by atoms with Gasteiger partial charge in [0.15, 0.2) is 0 Å². The van der Waals surface area contributed by atoms with E-state index in [9.17, 15) is 0 Å². The molecule has 0 aromatic heterocycles. The van der Waals surface area contributed by atoms with Gasteiger partial charge in [-0.15, -0.1) is 0 Å². The van der Waals surface area contributed by atoms with Crippen LogP contribution in [0.15, 0.2) is 0 Å². The van der Waals surface area contributed by atoms with E-state index in [4.69, 9.17) is 0 Å². The van der Waals surface area contributed by atoms with Gasteiger partial charge in [-0.1, -0.05) is 101 Å². The molecule has 0 amide bonds. The molecule has 0 aromatic carbocycles. The van der Waals surface area contributed by atoms with Gasteiger partial charge in [0, 0.05) is 0 Å². The van der Waals surface area contributed by atoms with Crippen molar-refractivity contribution in [1.29, 1.82) is 0 Å². The Hall–Kier alpha value is 0. The second-order valence-electron chi connectivity index (χ2n) is 9.45. The van der Waals surface area contributed by atoms with Crippen LogP contribution in [0.5, 0.6) is 0 Å². The standard InChI is InChI=1S/C20H42/c1-10-11-12-13-14-15-16-17(18(2,3)4)20(8,9)19(5,6)7/h17H,10-16H2,1-9H3. The first-order valence-corrected chi connectivity index (χ1v) is 8.94. The highest BCUT2D eigenvalue weighted by atomic mass is 14.5. The summed E-state index contributed by atoms with van der Waals surface area (Å²) in [4.78, 5) is 0. The Kier molecular flexibility index (Phi) is 7.85. The van der Waals surface area contributed by atoms with E-state index in [1.807, 2.05) is 0 Å². The molecule has 0 heterocycles. The Morgan fingerprint density at radius 2 is 1.10 bits per heavy atom. The van der Waals surface area contributed by atoms with Crippen molar-refractivity contribution in [3.8, 4) is 0 Å². The van der Waals surface area contributed by atoms with Crippen molar-refractivity contribution in [2.24, 2.45) is 22.2 Å². The summed E-state index contributed by atoms with van der Waals surface area (Å²) in [5.74, 6) is 0.793. The predicted octanol–water partition coefficient (Wildman–Crippen LogP) is 7.47. The van der Waals surface area contributed by atoms with Gasteiger partial charge in [-0.3, -0.25) is 0 Å². The summed E-state index contributed by atoms with van der Waals surface area (Å²) in [6.07, 6.45) is 9.84. The van der Waals surface area contributed by atoms with E-state index >= 15 is 0 Å². The first-order valence-electron chi connectivity index (χ1n) is 8.94. The molecule has 0 nitrogen and oxygen atoms in total. The van der Waals surface area contributed by atoms with Crippen LogP contribution in [0.3, 0.4) is 0 Å². The summed E-state index contributed by atoms with van der Waals surface area (Å²) in [6, 6.07) is 0. The Bertz CT molecular complexity index is 246. The fraction of sp³-hybridized carbons (Fsp3) is 1.00. The number of rotatable bonds is 8. The first-order chi connectivity index (χ1) is 8.94. The third-order valence-corrected chi connectivity index (χ3v) is 5.70. The molecule has 0 heteroatoms. The highest BCUT2D eigenvalue weighted by Gasteiger charge is 2.44. The van der Waals surface area contributed by atoms with Crippen molar-refractivity contribution in [1.82, 2.24) is 0 Å². The van der Waals surface area contributed by atoms with E-state index in [0.717, 1.165) is 5.92 Å². The lowest BCUT2D eigenvalue weighted by Crippen LogP contribution is -2.43. The SMILES string of the molecule is CCCCCCCCC(C(C)(C)C)C(C)(C)C(C)(C)C. The smallest absolute Gasteiger partial charge is 0.0272 e. The second-order valence-corrected chi connectivity index (χ2v) is 9.45. The molecule has 0 rings (SSSR count). The molecule has 0 bridgehead atoms. The van der Waals surface area contributed by atoms with Crippen LogP contribution in [0.1, 0.15) is 107 Å². The van der Waals surface area contributed by atoms with Gasteiger partial charge in [-0.05, 0) is 28.6 Å². The fourth-order valence-electron chi connectivity index (χ4n) is 3.53. The Labute approximate surface area is 130 Å². The third-order valence-electron chi connectivity index (χ3n) is 5.70. The molecule has 0 N–H and O–H groups in total. The second kappa shape index (κ2) is 7.85. The van der Waals surface area contributed by atoms with E-state index in [2.05, 4.69) is 62.3 Å². The molecule has 20 heavy (non-hydrogen) atoms. The summed E-state index contributed by atoms with van der Waals surface area (Å²) in [6.45, 7) is 21.8. The summed E-state index contributed by atoms with van der Waals surface area (Å²) in [5.41, 5.74) is 1.15. The molecule has 0 aromatic rings. The van der Waals surface area contributed by atoms with Crippen LogP contribution in [-0.2, 0) is 0 Å². The van der Waals surface area contributed by atoms with Gasteiger partial charge in [-0.2, -0.15) is 0 Å². The average molecular weight is 283 g/mol. The normalized spacial score (nSPS) is 15.4. The molecule has 0 spiro atoms. The van der Waals surface area contributed by atoms with Gasteiger partial charge >= 0.3 is 0 Å². The fourth-order valence-corrected chi connectivity index (χ4v) is 3.53. The molecule has 0 fully saturated rings. The van der Waals surface area contributed by atoms with Crippen LogP contribution < -0.4 is 0 Å². The lowest BCUT2D eigenvalue weighted by Gasteiger charge is -2.51. The summed E-state index contributed by atoms with van der Waals surface area (Å²) < 4.78 is 0. The number of hydrogen-bond acceptors (Lipinski definition) is 0. The minimum Gasteiger partial charge on any atom is -0.0654 e. The highest BCUT2D eigenvalue weighted by molar-refractivity contribution is 4.93. The maximum Gasteiger partial charge on any atom is -0.0272 e. The van der Waals surface area contributed by atoms with Gasteiger partial charge in [0.2, 0.25) is 0 Å². The first kappa shape index (κ1) is 20.0. The topological polar surface area (TPSA) is 0 Å². The highest BCUT2D eigenvalue weighted by Crippen LogP contribution is 2.52. The van der Waals surface area contributed by atoms with Crippen molar-refractivity contribution in [3.63, 3.8) is 0 Å². The van der Waals surface area contributed by atoms with Crippen molar-refractivity contribution in [2.75, 3.05) is 0 Å². The number of hydrogen-bond donors (Lipinski definition) is 0. The minimum atomic E-state index is 0.368. The van der Waals surface area contributed by atoms with Crippen LogP contribution in [0, 0.1) is 22.2 Å². The Morgan fingerprint density at radius 1 is 0.650 bits per heavy atom. The van der Waals surface area contributed by atoms with Gasteiger partial charge in [0.25, 0.3) is 0 Å². The lowest BCUT2D eigenvalue weighted by molar-refractivity contribution is -0.0149. The minimum absolute atomic E-state index is 0.368. The van der Waals surface area contributed by atoms with Crippen molar-refractivity contribution in [3.05, 3.63) is 0 Å². The summed E-state index contributed by atoms with van der Waals surface area (Å²) in [7, 11) is 0. The van der Waals surface area contributed by atoms with Crippen LogP contribution >= 0.6 is 0 Å². The van der Waals surface area contributed by atoms with E-state index < -0.39 is 0 Å². The Morgan fingerprint density at radius 3 is 1.50 bits per heavy atom. The van der Waals surface area contributed by atoms with Crippen molar-refractivity contribution >= 4 is 0 Å². The molecular weight excluding hydrogens is 240 g/mol. The molecule has 0 aliphatic rings. The van der Waals surface area contributed by atoms with Crippen LogP contribution in [0.4, 0.5) is 0 Å². The van der Waals surface area contributed by atoms with E-state index in [-0.39, 0.29) is 0 Å². The molecule has 0 saturated carbocycles. The van der Waals surface area contributed by atoms with E-state index in [1.54, 1.807) is 0 Å². The molecule has 0 radical (unpaired) electrons. The van der Waals surface area contributed by atoms with Crippen LogP contribution in [0.25, 0.3) is 0 Å². The van der Waals surface area contributed by atoms with E-state index in [0.29, 0.717) is 16.2 Å². The third kappa shape index (κ3) is 6.19. The van der Waals surface area contributed by atoms with Crippen molar-refractivity contribution in [2.45, 2.75) is 107 Å². The zero-order valence-corrected chi connectivity index (χ0v) is 16.0. The molecule has 1 atom stereocenters. The monoisotopic (exact) mass is 282 g/mol. The van der Waals surface area contributed by atoms with E-state index in [1.165, 1.54) is 44.9 Å². The maximum absolute atomic E-state index is 2.49.